The van der Waals surface area contributed by atoms with Gasteiger partial charge in [0, 0.05) is 17.9 Å². The van der Waals surface area contributed by atoms with E-state index in [1.165, 1.54) is 6.42 Å². The summed E-state index contributed by atoms with van der Waals surface area (Å²) < 4.78 is 7.31. The highest BCUT2D eigenvalue weighted by molar-refractivity contribution is 5.94. The Morgan fingerprint density at radius 3 is 3.00 bits per heavy atom. The van der Waals surface area contributed by atoms with E-state index in [2.05, 4.69) is 10.4 Å². The summed E-state index contributed by atoms with van der Waals surface area (Å²) in [4.78, 5) is 12.3. The van der Waals surface area contributed by atoms with Crippen LogP contribution in [0, 0.1) is 5.92 Å². The van der Waals surface area contributed by atoms with Crippen molar-refractivity contribution < 1.29 is 9.21 Å². The largest absolute Gasteiger partial charge is 0.469 e. The highest BCUT2D eigenvalue weighted by atomic mass is 16.3. The average Bonchev–Trinajstić information content (AvgIpc) is 2.81. The molecule has 0 saturated heterocycles. The summed E-state index contributed by atoms with van der Waals surface area (Å²) in [6.45, 7) is 0. The second-order valence-electron chi connectivity index (χ2n) is 5.70. The fraction of sp³-hybridized carbons (Fsp3) is 0.467. The number of nitrogens with zero attached hydrogens (tertiary/aromatic N) is 2. The lowest BCUT2D eigenvalue weighted by Gasteiger charge is -2.27. The smallest absolute Gasteiger partial charge is 0.229 e. The summed E-state index contributed by atoms with van der Waals surface area (Å²) in [5.41, 5.74) is 0. The molecule has 5 nitrogen and oxygen atoms in total. The maximum absolute atomic E-state index is 12.3. The van der Waals surface area contributed by atoms with Crippen molar-refractivity contribution in [3.8, 4) is 0 Å². The van der Waals surface area contributed by atoms with Gasteiger partial charge in [0.2, 0.25) is 5.91 Å². The lowest BCUT2D eigenvalue weighted by atomic mass is 9.93. The molecule has 20 heavy (non-hydrogen) atoms. The minimum absolute atomic E-state index is 0.0332. The maximum Gasteiger partial charge on any atom is 0.229 e. The Labute approximate surface area is 117 Å². The van der Waals surface area contributed by atoms with Crippen LogP contribution in [-0.4, -0.2) is 15.7 Å². The van der Waals surface area contributed by atoms with Crippen molar-refractivity contribution in [3.63, 3.8) is 0 Å². The molecule has 2 aliphatic carbocycles. The predicted octanol–water partition coefficient (Wildman–Crippen LogP) is 2.94. The first-order valence-corrected chi connectivity index (χ1v) is 7.20. The quantitative estimate of drug-likeness (QED) is 0.930. The van der Waals surface area contributed by atoms with Gasteiger partial charge in [0.05, 0.1) is 18.5 Å². The van der Waals surface area contributed by atoms with Crippen molar-refractivity contribution in [2.75, 3.05) is 5.32 Å². The zero-order valence-corrected chi connectivity index (χ0v) is 11.2. The Hall–Kier alpha value is -2.04. The third-order valence-corrected chi connectivity index (χ3v) is 4.38. The second-order valence-corrected chi connectivity index (χ2v) is 5.70. The van der Waals surface area contributed by atoms with Gasteiger partial charge in [0.15, 0.2) is 0 Å². The number of carbonyl (C=O) groups is 1. The van der Waals surface area contributed by atoms with Crippen LogP contribution in [0.2, 0.25) is 0 Å². The Morgan fingerprint density at radius 2 is 2.30 bits per heavy atom. The molecule has 2 aromatic rings. The summed E-state index contributed by atoms with van der Waals surface area (Å²) in [7, 11) is 0. The number of hydrogen-bond acceptors (Lipinski definition) is 3. The molecular formula is C15H17N3O2. The lowest BCUT2D eigenvalue weighted by molar-refractivity contribution is -0.117. The van der Waals surface area contributed by atoms with Crippen LogP contribution >= 0.6 is 0 Å². The monoisotopic (exact) mass is 271 g/mol. The van der Waals surface area contributed by atoms with Gasteiger partial charge in [-0.2, -0.15) is 5.10 Å². The molecule has 0 aromatic carbocycles. The van der Waals surface area contributed by atoms with Crippen molar-refractivity contribution in [2.24, 2.45) is 5.92 Å². The van der Waals surface area contributed by atoms with Crippen LogP contribution in [0.1, 0.15) is 43.4 Å². The Kier molecular flexibility index (Phi) is 2.65. The number of aromatic nitrogens is 2. The van der Waals surface area contributed by atoms with Gasteiger partial charge >= 0.3 is 0 Å². The van der Waals surface area contributed by atoms with Gasteiger partial charge in [0.1, 0.15) is 11.6 Å². The zero-order valence-electron chi connectivity index (χ0n) is 11.2. The van der Waals surface area contributed by atoms with E-state index < -0.39 is 0 Å². The highest BCUT2D eigenvalue weighted by Crippen LogP contribution is 2.48. The highest BCUT2D eigenvalue weighted by Gasteiger charge is 2.46. The van der Waals surface area contributed by atoms with Gasteiger partial charge in [-0.3, -0.25) is 4.79 Å². The number of rotatable bonds is 4. The lowest BCUT2D eigenvalue weighted by Crippen LogP contribution is -2.23. The zero-order chi connectivity index (χ0) is 13.5. The van der Waals surface area contributed by atoms with Crippen molar-refractivity contribution >= 4 is 11.7 Å². The number of carbonyl (C=O) groups excluding carboxylic acids is 1. The second kappa shape index (κ2) is 4.51. The van der Waals surface area contributed by atoms with E-state index >= 15 is 0 Å². The SMILES string of the molecule is O=C(Nc1ccnn1C1CCC1)[C@@H]1C[C@H]1c1ccco1. The van der Waals surface area contributed by atoms with Crippen LogP contribution in [0.15, 0.2) is 35.1 Å². The van der Waals surface area contributed by atoms with Crippen molar-refractivity contribution in [1.82, 2.24) is 9.78 Å². The fourth-order valence-corrected chi connectivity index (χ4v) is 2.86. The maximum atomic E-state index is 12.3. The Morgan fingerprint density at radius 1 is 1.40 bits per heavy atom. The van der Waals surface area contributed by atoms with Gasteiger partial charge in [-0.05, 0) is 37.8 Å². The molecule has 2 atom stereocenters. The molecule has 2 aromatic heterocycles. The van der Waals surface area contributed by atoms with Gasteiger partial charge in [-0.1, -0.05) is 0 Å². The first-order valence-electron chi connectivity index (χ1n) is 7.20. The van der Waals surface area contributed by atoms with E-state index in [-0.39, 0.29) is 17.7 Å². The van der Waals surface area contributed by atoms with Crippen LogP contribution < -0.4 is 5.32 Å². The molecule has 0 spiro atoms. The van der Waals surface area contributed by atoms with Crippen LogP contribution in [0.4, 0.5) is 5.82 Å². The van der Waals surface area contributed by atoms with Crippen LogP contribution in [-0.2, 0) is 4.79 Å². The minimum atomic E-state index is 0.0332. The van der Waals surface area contributed by atoms with E-state index in [0.29, 0.717) is 6.04 Å². The Bertz CT molecular complexity index is 613. The number of amides is 1. The minimum Gasteiger partial charge on any atom is -0.469 e. The predicted molar refractivity (Wildman–Crippen MR) is 73.3 cm³/mol. The molecule has 2 heterocycles. The summed E-state index contributed by atoms with van der Waals surface area (Å²) >= 11 is 0. The van der Waals surface area contributed by atoms with E-state index in [4.69, 9.17) is 4.42 Å². The number of furan rings is 1. The Balaban J connectivity index is 1.42. The molecule has 2 aliphatic rings. The van der Waals surface area contributed by atoms with Gasteiger partial charge < -0.3 is 9.73 Å². The summed E-state index contributed by atoms with van der Waals surface area (Å²) in [5, 5.41) is 7.34. The first kappa shape index (κ1) is 11.8. The summed E-state index contributed by atoms with van der Waals surface area (Å²) in [5.74, 6) is 2.09. The number of anilines is 1. The standard InChI is InChI=1S/C15H17N3O2/c19-15(12-9-11(12)13-5-2-8-20-13)17-14-6-7-16-18(14)10-3-1-4-10/h2,5-8,10-12H,1,3-4,9H2,(H,17,19)/t11-,12-/m1/s1. The third kappa shape index (κ3) is 1.94. The topological polar surface area (TPSA) is 60.1 Å². The molecule has 1 amide bonds. The molecule has 0 unspecified atom stereocenters. The van der Waals surface area contributed by atoms with E-state index in [9.17, 15) is 4.79 Å². The molecular weight excluding hydrogens is 254 g/mol. The first-order chi connectivity index (χ1) is 9.83. The van der Waals surface area contributed by atoms with E-state index in [1.807, 2.05) is 22.9 Å². The van der Waals surface area contributed by atoms with E-state index in [1.54, 1.807) is 12.5 Å². The van der Waals surface area contributed by atoms with Crippen molar-refractivity contribution in [3.05, 3.63) is 36.4 Å². The normalized spacial score (nSPS) is 25.2. The van der Waals surface area contributed by atoms with Gasteiger partial charge in [-0.25, -0.2) is 4.68 Å². The molecule has 2 fully saturated rings. The fourth-order valence-electron chi connectivity index (χ4n) is 2.86. The molecule has 0 radical (unpaired) electrons. The third-order valence-electron chi connectivity index (χ3n) is 4.38. The molecule has 0 bridgehead atoms. The molecule has 4 rings (SSSR count). The summed E-state index contributed by atoms with van der Waals surface area (Å²) in [6.07, 6.45) is 7.85. The molecule has 104 valence electrons. The number of nitrogens with one attached hydrogen (secondary N) is 1. The van der Waals surface area contributed by atoms with E-state index in [0.717, 1.165) is 30.8 Å². The van der Waals surface area contributed by atoms with Gasteiger partial charge in [-0.15, -0.1) is 0 Å². The van der Waals surface area contributed by atoms with Crippen LogP contribution in [0.3, 0.4) is 0 Å². The van der Waals surface area contributed by atoms with Crippen molar-refractivity contribution in [2.45, 2.75) is 37.6 Å². The molecule has 5 heteroatoms. The van der Waals surface area contributed by atoms with Gasteiger partial charge in [0.25, 0.3) is 0 Å². The molecule has 2 saturated carbocycles. The number of hydrogen-bond donors (Lipinski definition) is 1. The van der Waals surface area contributed by atoms with Crippen LogP contribution in [0.25, 0.3) is 0 Å². The van der Waals surface area contributed by atoms with Crippen LogP contribution in [0.5, 0.6) is 0 Å². The average molecular weight is 271 g/mol. The molecule has 0 aliphatic heterocycles. The molecule has 1 N–H and O–H groups in total. The van der Waals surface area contributed by atoms with Crippen molar-refractivity contribution in [1.29, 1.82) is 0 Å². The summed E-state index contributed by atoms with van der Waals surface area (Å²) in [6, 6.07) is 6.14.